The van der Waals surface area contributed by atoms with E-state index in [1.165, 1.54) is 19.1 Å². The van der Waals surface area contributed by atoms with Crippen LogP contribution in [0.2, 0.25) is 0 Å². The van der Waals surface area contributed by atoms with Crippen LogP contribution in [-0.2, 0) is 16.0 Å². The van der Waals surface area contributed by atoms with Crippen LogP contribution in [0.1, 0.15) is 53.8 Å². The van der Waals surface area contributed by atoms with Gasteiger partial charge in [0.05, 0.1) is 17.9 Å². The fourth-order valence-corrected chi connectivity index (χ4v) is 2.74. The Bertz CT molecular complexity index is 517. The Morgan fingerprint density at radius 3 is 2.82 bits per heavy atom. The Morgan fingerprint density at radius 1 is 1.41 bits per heavy atom. The number of rotatable bonds is 8. The normalized spacial score (nSPS) is 15.1. The molecule has 1 heterocycles. The summed E-state index contributed by atoms with van der Waals surface area (Å²) >= 11 is 0. The zero-order valence-electron chi connectivity index (χ0n) is 12.9. The van der Waals surface area contributed by atoms with Gasteiger partial charge in [-0.25, -0.2) is 0 Å². The van der Waals surface area contributed by atoms with Gasteiger partial charge in [0.15, 0.2) is 0 Å². The molecule has 1 aliphatic carbocycles. The molecule has 6 nitrogen and oxygen atoms in total. The Kier molecular flexibility index (Phi) is 6.00. The zero-order valence-corrected chi connectivity index (χ0v) is 12.9. The maximum atomic E-state index is 12.1. The molecule has 2 rings (SSSR count). The van der Waals surface area contributed by atoms with E-state index in [4.69, 9.17) is 14.3 Å². The average Bonchev–Trinajstić information content (AvgIpc) is 3.08. The molecule has 6 heteroatoms. The van der Waals surface area contributed by atoms with Gasteiger partial charge in [0.25, 0.3) is 5.91 Å². The molecule has 122 valence electrons. The fourth-order valence-electron chi connectivity index (χ4n) is 2.74. The summed E-state index contributed by atoms with van der Waals surface area (Å²) in [5.74, 6) is -1.11. The highest BCUT2D eigenvalue weighted by molar-refractivity contribution is 5.97. The van der Waals surface area contributed by atoms with E-state index in [1.807, 2.05) is 0 Å². The van der Waals surface area contributed by atoms with Crippen molar-refractivity contribution in [2.24, 2.45) is 0 Å². The fraction of sp³-hybridized carbons (Fsp3) is 0.625. The molecule has 1 aromatic heterocycles. The number of carbonyl (C=O) groups excluding carboxylic acids is 1. The first-order chi connectivity index (χ1) is 10.6. The Hall–Kier alpha value is -1.82. The molecule has 22 heavy (non-hydrogen) atoms. The van der Waals surface area contributed by atoms with Crippen molar-refractivity contribution in [2.75, 3.05) is 13.2 Å². The number of aryl methyl sites for hydroxylation is 1. The van der Waals surface area contributed by atoms with Gasteiger partial charge < -0.3 is 19.6 Å². The summed E-state index contributed by atoms with van der Waals surface area (Å²) in [5.41, 5.74) is 0.982. The molecule has 0 saturated heterocycles. The first-order valence-corrected chi connectivity index (χ1v) is 7.76. The van der Waals surface area contributed by atoms with Crippen molar-refractivity contribution in [3.8, 4) is 0 Å². The zero-order chi connectivity index (χ0) is 15.9. The number of aliphatic carboxylic acids is 1. The van der Waals surface area contributed by atoms with Crippen LogP contribution in [0.3, 0.4) is 0 Å². The van der Waals surface area contributed by atoms with Crippen molar-refractivity contribution in [2.45, 2.75) is 51.6 Å². The molecule has 0 spiro atoms. The van der Waals surface area contributed by atoms with E-state index in [-0.39, 0.29) is 18.1 Å². The van der Waals surface area contributed by atoms with Crippen LogP contribution in [0.5, 0.6) is 0 Å². The smallest absolute Gasteiger partial charge is 0.311 e. The van der Waals surface area contributed by atoms with Gasteiger partial charge in [0.1, 0.15) is 12.2 Å². The lowest BCUT2D eigenvalue weighted by Crippen LogP contribution is -2.27. The highest BCUT2D eigenvalue weighted by atomic mass is 16.5. The molecule has 1 aromatic rings. The molecule has 0 aromatic carbocycles. The summed E-state index contributed by atoms with van der Waals surface area (Å²) in [6, 6.07) is 0. The minimum Gasteiger partial charge on any atom is -0.481 e. The molecule has 0 unspecified atom stereocenters. The predicted octanol–water partition coefficient (Wildman–Crippen LogP) is 2.29. The maximum absolute atomic E-state index is 12.1. The summed E-state index contributed by atoms with van der Waals surface area (Å²) < 4.78 is 10.9. The van der Waals surface area contributed by atoms with Gasteiger partial charge in [-0.05, 0) is 26.2 Å². The standard InChI is InChI=1S/C16H23NO5/c1-11-10-22-13(9-14(18)19)15(11)16(20)17-7-4-8-21-12-5-2-3-6-12/h10,12H,2-9H2,1H3,(H,17,20)(H,18,19). The second-order valence-electron chi connectivity index (χ2n) is 5.67. The van der Waals surface area contributed by atoms with Gasteiger partial charge in [0, 0.05) is 18.7 Å². The van der Waals surface area contributed by atoms with Gasteiger partial charge in [-0.3, -0.25) is 9.59 Å². The molecular weight excluding hydrogens is 286 g/mol. The monoisotopic (exact) mass is 309 g/mol. The third kappa shape index (κ3) is 4.59. The van der Waals surface area contributed by atoms with Crippen molar-refractivity contribution in [1.82, 2.24) is 5.32 Å². The van der Waals surface area contributed by atoms with Crippen molar-refractivity contribution in [3.63, 3.8) is 0 Å². The average molecular weight is 309 g/mol. The molecule has 0 bridgehead atoms. The second kappa shape index (κ2) is 7.98. The van der Waals surface area contributed by atoms with Crippen LogP contribution in [0, 0.1) is 6.92 Å². The minimum atomic E-state index is -1.02. The number of carboxylic acid groups (broad SMARTS) is 1. The maximum Gasteiger partial charge on any atom is 0.311 e. The van der Waals surface area contributed by atoms with Gasteiger partial charge >= 0.3 is 5.97 Å². The van der Waals surface area contributed by atoms with Crippen LogP contribution < -0.4 is 5.32 Å². The lowest BCUT2D eigenvalue weighted by molar-refractivity contribution is -0.136. The number of carboxylic acids is 1. The molecular formula is C16H23NO5. The van der Waals surface area contributed by atoms with Gasteiger partial charge in [-0.15, -0.1) is 0 Å². The SMILES string of the molecule is Cc1coc(CC(=O)O)c1C(=O)NCCCOC1CCCC1. The van der Waals surface area contributed by atoms with Crippen LogP contribution in [0.4, 0.5) is 0 Å². The molecule has 1 fully saturated rings. The highest BCUT2D eigenvalue weighted by Crippen LogP contribution is 2.21. The number of amides is 1. The first kappa shape index (κ1) is 16.5. The quantitative estimate of drug-likeness (QED) is 0.719. The van der Waals surface area contributed by atoms with E-state index < -0.39 is 5.97 Å². The third-order valence-corrected chi connectivity index (χ3v) is 3.85. The first-order valence-electron chi connectivity index (χ1n) is 7.76. The molecule has 1 aliphatic rings. The predicted molar refractivity (Wildman–Crippen MR) is 79.9 cm³/mol. The number of hydrogen-bond acceptors (Lipinski definition) is 4. The minimum absolute atomic E-state index is 0.199. The lowest BCUT2D eigenvalue weighted by atomic mass is 10.1. The number of ether oxygens (including phenoxy) is 1. The van der Waals surface area contributed by atoms with E-state index in [0.29, 0.717) is 30.4 Å². The van der Waals surface area contributed by atoms with Crippen molar-refractivity contribution in [3.05, 3.63) is 23.2 Å². The summed E-state index contributed by atoms with van der Waals surface area (Å²) in [7, 11) is 0. The van der Waals surface area contributed by atoms with Crippen LogP contribution >= 0.6 is 0 Å². The number of furan rings is 1. The van der Waals surface area contributed by atoms with Gasteiger partial charge in [-0.2, -0.15) is 0 Å². The Labute approximate surface area is 129 Å². The number of carbonyl (C=O) groups is 2. The number of nitrogens with one attached hydrogen (secondary N) is 1. The lowest BCUT2D eigenvalue weighted by Gasteiger charge is -2.11. The highest BCUT2D eigenvalue weighted by Gasteiger charge is 2.20. The van der Waals surface area contributed by atoms with Gasteiger partial charge in [-0.1, -0.05) is 12.8 Å². The molecule has 1 amide bonds. The Morgan fingerprint density at radius 2 is 2.14 bits per heavy atom. The third-order valence-electron chi connectivity index (χ3n) is 3.85. The second-order valence-corrected chi connectivity index (χ2v) is 5.67. The molecule has 1 saturated carbocycles. The van der Waals surface area contributed by atoms with Gasteiger partial charge in [0.2, 0.25) is 0 Å². The van der Waals surface area contributed by atoms with Crippen LogP contribution in [-0.4, -0.2) is 36.2 Å². The number of hydrogen-bond donors (Lipinski definition) is 2. The van der Waals surface area contributed by atoms with E-state index >= 15 is 0 Å². The van der Waals surface area contributed by atoms with Crippen LogP contribution in [0.15, 0.2) is 10.7 Å². The largest absolute Gasteiger partial charge is 0.481 e. The summed E-state index contributed by atoms with van der Waals surface area (Å²) in [6.45, 7) is 2.87. The molecule has 0 atom stereocenters. The van der Waals surface area contributed by atoms with Crippen molar-refractivity contribution >= 4 is 11.9 Å². The summed E-state index contributed by atoms with van der Waals surface area (Å²) in [6.07, 6.45) is 7.01. The molecule has 2 N–H and O–H groups in total. The van der Waals surface area contributed by atoms with E-state index in [1.54, 1.807) is 6.92 Å². The molecule has 0 aliphatic heterocycles. The summed E-state index contributed by atoms with van der Waals surface area (Å²) in [5, 5.41) is 11.6. The summed E-state index contributed by atoms with van der Waals surface area (Å²) in [4.78, 5) is 22.9. The van der Waals surface area contributed by atoms with E-state index in [2.05, 4.69) is 5.32 Å². The van der Waals surface area contributed by atoms with E-state index in [9.17, 15) is 9.59 Å². The van der Waals surface area contributed by atoms with E-state index in [0.717, 1.165) is 19.3 Å². The molecule has 0 radical (unpaired) electrons. The topological polar surface area (TPSA) is 88.8 Å². The van der Waals surface area contributed by atoms with Crippen molar-refractivity contribution < 1.29 is 23.8 Å². The van der Waals surface area contributed by atoms with Crippen LogP contribution in [0.25, 0.3) is 0 Å². The van der Waals surface area contributed by atoms with Crippen molar-refractivity contribution in [1.29, 1.82) is 0 Å². The Balaban J connectivity index is 1.74.